The highest BCUT2D eigenvalue weighted by Crippen LogP contribution is 2.33. The van der Waals surface area contributed by atoms with Crippen molar-refractivity contribution in [2.24, 2.45) is 10.9 Å². The van der Waals surface area contributed by atoms with Gasteiger partial charge in [-0.2, -0.15) is 9.90 Å². The van der Waals surface area contributed by atoms with Gasteiger partial charge >= 0.3 is 11.9 Å². The van der Waals surface area contributed by atoms with Crippen LogP contribution in [0.2, 0.25) is 0 Å². The van der Waals surface area contributed by atoms with Crippen molar-refractivity contribution in [3.05, 3.63) is 111 Å². The largest absolute Gasteiger partial charge is 0.508 e. The predicted octanol–water partition coefficient (Wildman–Crippen LogP) is 2.42. The van der Waals surface area contributed by atoms with E-state index in [-0.39, 0.29) is 52.5 Å². The van der Waals surface area contributed by atoms with E-state index in [9.17, 15) is 45.0 Å². The van der Waals surface area contributed by atoms with Crippen molar-refractivity contribution in [3.63, 3.8) is 0 Å². The van der Waals surface area contributed by atoms with Crippen LogP contribution >= 0.6 is 0 Å². The fourth-order valence-electron chi connectivity index (χ4n) is 9.04. The number of aryl methyl sites for hydroxylation is 2. The van der Waals surface area contributed by atoms with Crippen molar-refractivity contribution >= 4 is 34.8 Å². The number of ether oxygens (including phenoxy) is 3. The molecular weight excluding hydrogens is 831 g/mol. The lowest BCUT2D eigenvalue weighted by Gasteiger charge is -2.42. The van der Waals surface area contributed by atoms with E-state index in [4.69, 9.17) is 23.5 Å². The Labute approximate surface area is 367 Å². The number of carboxylic acid groups (broad SMARTS) is 1. The molecule has 4 heterocycles. The Hall–Kier alpha value is -5.76. The molecule has 0 bridgehead atoms. The normalized spacial score (nSPS) is 24.9. The van der Waals surface area contributed by atoms with Gasteiger partial charge in [0.25, 0.3) is 0 Å². The second-order valence-electron chi connectivity index (χ2n) is 16.8. The fraction of sp³-hybridized carbons (Fsp3) is 0.404. The molecule has 0 radical (unpaired) electrons. The SMILES string of the molecule is Cc1cc(C)cc(C2=C3N=CC=C3C[NH+]2O[C@@H]2[C@@H](Oc3ccc4c(=O)c(-c5ccc(O)cc5)coc4c3)O[C@@H]([C@@H](O)OC(=O)[C@H](C(=O)O)[C@H](CCO)NC3CCCCC3)[C@H](O)[C@H]2O)c1. The minimum absolute atomic E-state index is 0.0321. The van der Waals surface area contributed by atoms with Crippen LogP contribution in [0.5, 0.6) is 11.5 Å². The molecule has 1 unspecified atom stereocenters. The number of hydrogen-bond acceptors (Lipinski definition) is 15. The molecule has 3 aromatic carbocycles. The molecule has 1 aliphatic carbocycles. The second kappa shape index (κ2) is 19.1. The van der Waals surface area contributed by atoms with Crippen LogP contribution in [0.3, 0.4) is 0 Å². The fourth-order valence-corrected chi connectivity index (χ4v) is 9.04. The summed E-state index contributed by atoms with van der Waals surface area (Å²) < 4.78 is 23.6. The summed E-state index contributed by atoms with van der Waals surface area (Å²) in [5.41, 5.74) is 5.48. The number of esters is 1. The lowest BCUT2D eigenvalue weighted by Crippen LogP contribution is -3.08. The zero-order valence-corrected chi connectivity index (χ0v) is 35.3. The van der Waals surface area contributed by atoms with E-state index < -0.39 is 67.5 Å². The molecule has 8 rings (SSSR count). The lowest BCUT2D eigenvalue weighted by molar-refractivity contribution is -1.04. The minimum atomic E-state index is -2.32. The number of nitrogens with one attached hydrogen (secondary N) is 2. The van der Waals surface area contributed by atoms with Gasteiger partial charge in [-0.05, 0) is 81.1 Å². The number of aliphatic hydroxyl groups excluding tert-OH is 4. The number of benzene rings is 3. The number of aliphatic hydroxyl groups is 4. The van der Waals surface area contributed by atoms with Crippen molar-refractivity contribution in [1.82, 2.24) is 5.32 Å². The Kier molecular flexibility index (Phi) is 13.4. The maximum atomic E-state index is 13.6. The van der Waals surface area contributed by atoms with E-state index >= 15 is 0 Å². The van der Waals surface area contributed by atoms with Gasteiger partial charge in [-0.3, -0.25) is 14.4 Å². The van der Waals surface area contributed by atoms with E-state index in [0.29, 0.717) is 22.0 Å². The Balaban J connectivity index is 1.09. The van der Waals surface area contributed by atoms with Crippen LogP contribution in [-0.4, -0.2) is 111 Å². The number of aliphatic imine (C=N–C) groups is 1. The molecule has 4 aromatic rings. The molecule has 4 aliphatic rings. The van der Waals surface area contributed by atoms with Gasteiger partial charge in [0.2, 0.25) is 18.7 Å². The number of nitrogens with zero attached hydrogens (tertiary/aromatic N) is 1. The molecule has 9 atom stereocenters. The summed E-state index contributed by atoms with van der Waals surface area (Å²) >= 11 is 0. The first-order chi connectivity index (χ1) is 30.8. The number of hydroxylamine groups is 2. The maximum absolute atomic E-state index is 13.6. The zero-order valence-electron chi connectivity index (χ0n) is 35.3. The number of phenols is 1. The van der Waals surface area contributed by atoms with Gasteiger partial charge in [0.05, 0.1) is 10.9 Å². The van der Waals surface area contributed by atoms with E-state index in [1.54, 1.807) is 18.3 Å². The molecule has 17 heteroatoms. The molecule has 338 valence electrons. The number of phenolic OH excluding ortho intramolecular Hbond substituents is 1. The number of rotatable bonds is 15. The van der Waals surface area contributed by atoms with Gasteiger partial charge in [0, 0.05) is 42.1 Å². The summed E-state index contributed by atoms with van der Waals surface area (Å²) in [4.78, 5) is 51.0. The zero-order chi connectivity index (χ0) is 45.2. The van der Waals surface area contributed by atoms with Crippen molar-refractivity contribution in [3.8, 4) is 22.6 Å². The minimum Gasteiger partial charge on any atom is -0.508 e. The number of carbonyl (C=O) groups is 2. The molecule has 17 nitrogen and oxygen atoms in total. The molecule has 1 aromatic heterocycles. The molecule has 2 fully saturated rings. The summed E-state index contributed by atoms with van der Waals surface area (Å²) in [6, 6.07) is 15.2. The number of aromatic hydroxyl groups is 1. The number of carboxylic acids is 1. The average Bonchev–Trinajstić information content (AvgIpc) is 3.85. The molecule has 1 saturated heterocycles. The summed E-state index contributed by atoms with van der Waals surface area (Å²) in [6.45, 7) is 3.75. The second-order valence-corrected chi connectivity index (χ2v) is 16.8. The molecule has 8 N–H and O–H groups in total. The molecule has 0 spiro atoms. The maximum Gasteiger partial charge on any atom is 0.324 e. The first-order valence-corrected chi connectivity index (χ1v) is 21.4. The topological polar surface area (TPSA) is 251 Å². The summed E-state index contributed by atoms with van der Waals surface area (Å²) in [7, 11) is 0. The van der Waals surface area contributed by atoms with Gasteiger partial charge in [-0.25, -0.2) is 4.99 Å². The monoisotopic (exact) mass is 882 g/mol. The third-order valence-corrected chi connectivity index (χ3v) is 12.1. The quantitative estimate of drug-likeness (QED) is 0.0485. The van der Waals surface area contributed by atoms with Gasteiger partial charge in [0.15, 0.2) is 23.1 Å². The molecular formula is C47H52N3O14+. The summed E-state index contributed by atoms with van der Waals surface area (Å²) in [6.07, 6.45) is -2.13. The summed E-state index contributed by atoms with van der Waals surface area (Å²) in [5.74, 6) is -4.68. The molecule has 1 saturated carbocycles. The van der Waals surface area contributed by atoms with E-state index in [1.807, 2.05) is 38.1 Å². The van der Waals surface area contributed by atoms with E-state index in [0.717, 1.165) is 54.4 Å². The van der Waals surface area contributed by atoms with Crippen LogP contribution < -0.4 is 20.5 Å². The van der Waals surface area contributed by atoms with Crippen molar-refractivity contribution in [2.75, 3.05) is 13.2 Å². The van der Waals surface area contributed by atoms with Crippen LogP contribution in [0.4, 0.5) is 0 Å². The first-order valence-electron chi connectivity index (χ1n) is 21.4. The van der Waals surface area contributed by atoms with Crippen molar-refractivity contribution < 1.29 is 68.8 Å². The van der Waals surface area contributed by atoms with Gasteiger partial charge in [-0.15, -0.1) is 0 Å². The van der Waals surface area contributed by atoms with E-state index in [2.05, 4.69) is 10.3 Å². The van der Waals surface area contributed by atoms with Crippen LogP contribution in [0, 0.1) is 19.8 Å². The number of quaternary nitrogens is 1. The Morgan fingerprint density at radius 2 is 1.70 bits per heavy atom. The van der Waals surface area contributed by atoms with Gasteiger partial charge < -0.3 is 54.6 Å². The molecule has 0 amide bonds. The third kappa shape index (κ3) is 9.38. The highest BCUT2D eigenvalue weighted by molar-refractivity contribution is 5.95. The van der Waals surface area contributed by atoms with Gasteiger partial charge in [0.1, 0.15) is 47.8 Å². The Bertz CT molecular complexity index is 2510. The Morgan fingerprint density at radius 1 is 0.969 bits per heavy atom. The first kappa shape index (κ1) is 44.8. The van der Waals surface area contributed by atoms with E-state index in [1.165, 1.54) is 36.6 Å². The smallest absolute Gasteiger partial charge is 0.324 e. The lowest BCUT2D eigenvalue weighted by atomic mass is 9.91. The number of hydrogen-bond donors (Lipinski definition) is 8. The standard InChI is InChI=1S/C47H51N3O14/c1-24-18-25(2)20-28(19-24)38-37-27(14-16-48-37)22-50(38)64-43-41(55)40(54)42(46(59)63-45(58)36(44(56)57)34(15-17-51)49-29-6-4-3-5-7-29)62-47(43)61-31-12-13-32-35(21-31)60-23-33(39(32)53)26-8-10-30(52)11-9-26/h8-14,16,18-21,23,29,34,36,40-43,46-47,49,51-52,54-55,59H,3-7,15,17,22H2,1-2H3,(H,56,57)/p+1/t34-,36-,40+,41+,42+,43-,46-,47-/m0/s1. The number of carbonyl (C=O) groups excluding carboxylic acids is 1. The average molecular weight is 883 g/mol. The molecule has 64 heavy (non-hydrogen) atoms. The van der Waals surface area contributed by atoms with Crippen LogP contribution in [-0.2, 0) is 23.9 Å². The van der Waals surface area contributed by atoms with Gasteiger partial charge in [-0.1, -0.05) is 48.6 Å². The number of allylic oxidation sites excluding steroid dienone is 1. The van der Waals surface area contributed by atoms with Crippen LogP contribution in [0.1, 0.15) is 55.2 Å². The third-order valence-electron chi connectivity index (χ3n) is 12.1. The van der Waals surface area contributed by atoms with Crippen LogP contribution in [0.15, 0.2) is 98.5 Å². The number of fused-ring (bicyclic) bond motifs is 2. The predicted molar refractivity (Wildman–Crippen MR) is 230 cm³/mol. The Morgan fingerprint density at radius 3 is 2.41 bits per heavy atom. The van der Waals surface area contributed by atoms with Crippen molar-refractivity contribution in [1.29, 1.82) is 0 Å². The highest BCUT2D eigenvalue weighted by atomic mass is 16.8. The number of aliphatic carboxylic acids is 1. The van der Waals surface area contributed by atoms with Crippen LogP contribution in [0.25, 0.3) is 27.8 Å². The molecule has 3 aliphatic heterocycles. The summed E-state index contributed by atoms with van der Waals surface area (Å²) in [5, 5.41) is 68.4. The van der Waals surface area contributed by atoms with Crippen molar-refractivity contribution in [2.45, 2.75) is 101 Å². The highest BCUT2D eigenvalue weighted by Gasteiger charge is 2.54.